The van der Waals surface area contributed by atoms with Gasteiger partial charge in [0.05, 0.1) is 0 Å². The fraction of sp³-hybridized carbons (Fsp3) is 0.357. The molecule has 0 fully saturated rings. The monoisotopic (exact) mass is 311 g/mol. The summed E-state index contributed by atoms with van der Waals surface area (Å²) in [5, 5.41) is 8.77. The van der Waals surface area contributed by atoms with E-state index in [0.29, 0.717) is 19.5 Å². The van der Waals surface area contributed by atoms with Gasteiger partial charge in [0.25, 0.3) is 0 Å². The van der Waals surface area contributed by atoms with E-state index in [1.807, 2.05) is 31.2 Å². The number of rotatable bonds is 6. The van der Waals surface area contributed by atoms with Crippen LogP contribution in [0.2, 0.25) is 0 Å². The number of carbonyl (C=O) groups excluding carboxylic acids is 1. The predicted octanol–water partition coefficient (Wildman–Crippen LogP) is 2.69. The van der Waals surface area contributed by atoms with Crippen LogP contribution in [0.5, 0.6) is 0 Å². The maximum Gasteiger partial charge on any atom is 0.246 e. The van der Waals surface area contributed by atoms with E-state index >= 15 is 0 Å². The van der Waals surface area contributed by atoms with Gasteiger partial charge in [-0.05, 0) is 31.1 Å². The first-order chi connectivity index (χ1) is 8.69. The summed E-state index contributed by atoms with van der Waals surface area (Å²) in [4.78, 5) is 13.6. The molecule has 1 aromatic carbocycles. The lowest BCUT2D eigenvalue weighted by atomic mass is 10.2. The van der Waals surface area contributed by atoms with Crippen LogP contribution in [0.25, 0.3) is 6.08 Å². The molecule has 0 bridgehead atoms. The fourth-order valence-corrected chi connectivity index (χ4v) is 1.98. The molecule has 0 saturated carbocycles. The molecule has 0 heterocycles. The number of hydrogen-bond acceptors (Lipinski definition) is 2. The Balaban J connectivity index is 2.65. The van der Waals surface area contributed by atoms with E-state index < -0.39 is 0 Å². The Bertz CT molecular complexity index is 418. The third kappa shape index (κ3) is 4.63. The zero-order valence-electron chi connectivity index (χ0n) is 10.5. The van der Waals surface area contributed by atoms with Gasteiger partial charge in [-0.15, -0.1) is 0 Å². The van der Waals surface area contributed by atoms with E-state index in [-0.39, 0.29) is 12.5 Å². The van der Waals surface area contributed by atoms with Gasteiger partial charge in [-0.3, -0.25) is 4.79 Å². The summed E-state index contributed by atoms with van der Waals surface area (Å²) in [6.07, 6.45) is 3.98. The first-order valence-electron chi connectivity index (χ1n) is 6.01. The van der Waals surface area contributed by atoms with Gasteiger partial charge in [-0.2, -0.15) is 0 Å². The second kappa shape index (κ2) is 8.06. The van der Waals surface area contributed by atoms with Gasteiger partial charge in [0.2, 0.25) is 5.91 Å². The first-order valence-corrected chi connectivity index (χ1v) is 6.80. The van der Waals surface area contributed by atoms with Crippen LogP contribution in [0.15, 0.2) is 34.8 Å². The summed E-state index contributed by atoms with van der Waals surface area (Å²) in [6.45, 7) is 3.28. The third-order valence-electron chi connectivity index (χ3n) is 2.59. The quantitative estimate of drug-likeness (QED) is 0.821. The lowest BCUT2D eigenvalue weighted by Gasteiger charge is -2.18. The number of likely N-dealkylation sites (N-methyl/N-ethyl adjacent to an activating group) is 1. The Kier molecular flexibility index (Phi) is 6.68. The minimum atomic E-state index is -0.0262. The highest BCUT2D eigenvalue weighted by Gasteiger charge is 2.07. The Morgan fingerprint density at radius 1 is 1.44 bits per heavy atom. The van der Waals surface area contributed by atoms with Crippen molar-refractivity contribution in [2.24, 2.45) is 0 Å². The van der Waals surface area contributed by atoms with Crippen LogP contribution in [0, 0.1) is 0 Å². The van der Waals surface area contributed by atoms with Crippen LogP contribution >= 0.6 is 15.9 Å². The van der Waals surface area contributed by atoms with Crippen LogP contribution in [0.3, 0.4) is 0 Å². The number of aliphatic hydroxyl groups is 1. The van der Waals surface area contributed by atoms with E-state index in [0.717, 1.165) is 10.0 Å². The molecule has 0 saturated heterocycles. The molecule has 98 valence electrons. The minimum absolute atomic E-state index is 0.0262. The van der Waals surface area contributed by atoms with Gasteiger partial charge < -0.3 is 10.0 Å². The largest absolute Gasteiger partial charge is 0.396 e. The summed E-state index contributed by atoms with van der Waals surface area (Å²) >= 11 is 3.43. The zero-order valence-corrected chi connectivity index (χ0v) is 12.1. The van der Waals surface area contributed by atoms with Crippen molar-refractivity contribution in [2.75, 3.05) is 19.7 Å². The number of amides is 1. The van der Waals surface area contributed by atoms with Crippen LogP contribution in [0.1, 0.15) is 18.9 Å². The van der Waals surface area contributed by atoms with Crippen LogP contribution in [-0.2, 0) is 4.79 Å². The number of aliphatic hydroxyl groups excluding tert-OH is 1. The van der Waals surface area contributed by atoms with Gasteiger partial charge in [0, 0.05) is 30.2 Å². The molecule has 1 aromatic rings. The van der Waals surface area contributed by atoms with Gasteiger partial charge in [0.1, 0.15) is 0 Å². The zero-order chi connectivity index (χ0) is 13.4. The van der Waals surface area contributed by atoms with Crippen molar-refractivity contribution in [2.45, 2.75) is 13.3 Å². The van der Waals surface area contributed by atoms with Gasteiger partial charge in [-0.1, -0.05) is 34.1 Å². The highest BCUT2D eigenvalue weighted by Crippen LogP contribution is 2.17. The van der Waals surface area contributed by atoms with E-state index in [2.05, 4.69) is 15.9 Å². The van der Waals surface area contributed by atoms with Crippen LogP contribution in [0.4, 0.5) is 0 Å². The number of benzene rings is 1. The fourth-order valence-electron chi connectivity index (χ4n) is 1.56. The molecule has 0 atom stereocenters. The van der Waals surface area contributed by atoms with Crippen molar-refractivity contribution in [1.82, 2.24) is 4.90 Å². The number of hydrogen-bond donors (Lipinski definition) is 1. The van der Waals surface area contributed by atoms with Gasteiger partial charge in [-0.25, -0.2) is 0 Å². The van der Waals surface area contributed by atoms with Crippen molar-refractivity contribution in [3.05, 3.63) is 40.4 Å². The molecule has 4 heteroatoms. The molecule has 0 aliphatic heterocycles. The maximum absolute atomic E-state index is 11.9. The SMILES string of the molecule is CCN(CCCO)C(=O)/C=C/c1ccccc1Br. The van der Waals surface area contributed by atoms with Crippen molar-refractivity contribution in [3.8, 4) is 0 Å². The smallest absolute Gasteiger partial charge is 0.246 e. The molecule has 18 heavy (non-hydrogen) atoms. The Morgan fingerprint density at radius 3 is 2.78 bits per heavy atom. The van der Waals surface area contributed by atoms with Crippen LogP contribution < -0.4 is 0 Å². The number of halogens is 1. The van der Waals surface area contributed by atoms with E-state index in [4.69, 9.17) is 5.11 Å². The van der Waals surface area contributed by atoms with Gasteiger partial charge >= 0.3 is 0 Å². The van der Waals surface area contributed by atoms with Gasteiger partial charge in [0.15, 0.2) is 0 Å². The lowest BCUT2D eigenvalue weighted by molar-refractivity contribution is -0.125. The molecule has 0 aromatic heterocycles. The highest BCUT2D eigenvalue weighted by atomic mass is 79.9. The second-order valence-corrected chi connectivity index (χ2v) is 4.70. The molecule has 1 N–H and O–H groups in total. The molecule has 1 amide bonds. The summed E-state index contributed by atoms with van der Waals surface area (Å²) in [7, 11) is 0. The molecule has 0 spiro atoms. The topological polar surface area (TPSA) is 40.5 Å². The predicted molar refractivity (Wildman–Crippen MR) is 77.1 cm³/mol. The molecular weight excluding hydrogens is 294 g/mol. The summed E-state index contributed by atoms with van der Waals surface area (Å²) in [5.74, 6) is -0.0262. The highest BCUT2D eigenvalue weighted by molar-refractivity contribution is 9.10. The van der Waals surface area contributed by atoms with Crippen molar-refractivity contribution in [1.29, 1.82) is 0 Å². The van der Waals surface area contributed by atoms with Crippen molar-refractivity contribution < 1.29 is 9.90 Å². The summed E-state index contributed by atoms with van der Waals surface area (Å²) in [6, 6.07) is 7.74. The maximum atomic E-state index is 11.9. The Morgan fingerprint density at radius 2 is 2.17 bits per heavy atom. The second-order valence-electron chi connectivity index (χ2n) is 3.85. The van der Waals surface area contributed by atoms with Crippen LogP contribution in [-0.4, -0.2) is 35.6 Å². The third-order valence-corrected chi connectivity index (χ3v) is 3.31. The molecule has 0 unspecified atom stereocenters. The first kappa shape index (κ1) is 14.9. The molecule has 1 rings (SSSR count). The molecular formula is C14H18BrNO2. The standard InChI is InChI=1S/C14H18BrNO2/c1-2-16(10-5-11-17)14(18)9-8-12-6-3-4-7-13(12)15/h3-4,6-9,17H,2,5,10-11H2,1H3/b9-8+. The Labute approximate surface area is 116 Å². The Hall–Kier alpha value is -1.13. The molecule has 0 radical (unpaired) electrons. The van der Waals surface area contributed by atoms with Crippen molar-refractivity contribution >= 4 is 27.9 Å². The van der Waals surface area contributed by atoms with E-state index in [1.54, 1.807) is 17.1 Å². The number of carbonyl (C=O) groups is 1. The number of nitrogens with zero attached hydrogens (tertiary/aromatic N) is 1. The normalized spacial score (nSPS) is 10.8. The lowest BCUT2D eigenvalue weighted by Crippen LogP contribution is -2.30. The average Bonchev–Trinajstić information content (AvgIpc) is 2.38. The summed E-state index contributed by atoms with van der Waals surface area (Å²) < 4.78 is 0.965. The molecule has 0 aliphatic carbocycles. The van der Waals surface area contributed by atoms with E-state index in [1.165, 1.54) is 0 Å². The van der Waals surface area contributed by atoms with E-state index in [9.17, 15) is 4.79 Å². The average molecular weight is 312 g/mol. The summed E-state index contributed by atoms with van der Waals surface area (Å²) in [5.41, 5.74) is 0.976. The molecule has 0 aliphatic rings. The minimum Gasteiger partial charge on any atom is -0.396 e. The van der Waals surface area contributed by atoms with Crippen molar-refractivity contribution in [3.63, 3.8) is 0 Å². The molecule has 3 nitrogen and oxygen atoms in total.